The van der Waals surface area contributed by atoms with Gasteiger partial charge in [-0.15, -0.1) is 0 Å². The molecule has 0 unspecified atom stereocenters. The first-order valence-electron chi connectivity index (χ1n) is 6.59. The van der Waals surface area contributed by atoms with Crippen LogP contribution < -0.4 is 10.1 Å². The van der Waals surface area contributed by atoms with Crippen LogP contribution in [0.2, 0.25) is 0 Å². The zero-order valence-corrected chi connectivity index (χ0v) is 12.0. The van der Waals surface area contributed by atoms with E-state index in [1.54, 1.807) is 0 Å². The third-order valence-corrected chi connectivity index (χ3v) is 3.17. The molecule has 0 fully saturated rings. The number of benzene rings is 1. The summed E-state index contributed by atoms with van der Waals surface area (Å²) in [4.78, 5) is 0. The maximum Gasteiger partial charge on any atom is 0.171 e. The molecule has 1 aromatic carbocycles. The largest absolute Gasteiger partial charge is 0.453 e. The highest BCUT2D eigenvalue weighted by molar-refractivity contribution is 5.38. The Morgan fingerprint density at radius 2 is 1.89 bits per heavy atom. The van der Waals surface area contributed by atoms with Crippen LogP contribution in [-0.2, 0) is 13.6 Å². The summed E-state index contributed by atoms with van der Waals surface area (Å²) in [7, 11) is 1.93. The van der Waals surface area contributed by atoms with Crippen LogP contribution in [0, 0.1) is 13.8 Å². The van der Waals surface area contributed by atoms with Crippen LogP contribution in [0.1, 0.15) is 23.9 Å². The molecule has 0 saturated carbocycles. The Labute approximate surface area is 114 Å². The molecule has 1 N–H and O–H groups in total. The molecule has 4 nitrogen and oxygen atoms in total. The molecule has 1 heterocycles. The number of aryl methyl sites for hydroxylation is 2. The quantitative estimate of drug-likeness (QED) is 0.897. The molecular weight excluding hydrogens is 238 g/mol. The average molecular weight is 259 g/mol. The lowest BCUT2D eigenvalue weighted by Gasteiger charge is -2.07. The Kier molecular flexibility index (Phi) is 4.22. The lowest BCUT2D eigenvalue weighted by atomic mass is 10.2. The first kappa shape index (κ1) is 13.6. The fourth-order valence-electron chi connectivity index (χ4n) is 1.96. The van der Waals surface area contributed by atoms with Crippen LogP contribution in [-0.4, -0.2) is 16.3 Å². The van der Waals surface area contributed by atoms with E-state index in [0.29, 0.717) is 0 Å². The van der Waals surface area contributed by atoms with E-state index in [1.807, 2.05) is 37.7 Å². The molecule has 1 aromatic heterocycles. The molecule has 0 aliphatic rings. The highest BCUT2D eigenvalue weighted by Gasteiger charge is 2.11. The maximum atomic E-state index is 5.92. The lowest BCUT2D eigenvalue weighted by Crippen LogP contribution is -2.11. The normalized spacial score (nSPS) is 10.7. The van der Waals surface area contributed by atoms with E-state index in [0.717, 1.165) is 36.0 Å². The Bertz CT molecular complexity index is 543. The van der Waals surface area contributed by atoms with Gasteiger partial charge in [0.05, 0.1) is 5.69 Å². The smallest absolute Gasteiger partial charge is 0.171 e. The van der Waals surface area contributed by atoms with Gasteiger partial charge in [0.15, 0.2) is 5.75 Å². The van der Waals surface area contributed by atoms with Gasteiger partial charge in [0.25, 0.3) is 0 Å². The van der Waals surface area contributed by atoms with E-state index in [2.05, 4.69) is 29.5 Å². The molecule has 0 radical (unpaired) electrons. The topological polar surface area (TPSA) is 39.1 Å². The van der Waals surface area contributed by atoms with E-state index in [9.17, 15) is 0 Å². The van der Waals surface area contributed by atoms with Crippen molar-refractivity contribution in [1.82, 2.24) is 15.1 Å². The number of ether oxygens (including phenoxy) is 1. The molecule has 2 rings (SSSR count). The van der Waals surface area contributed by atoms with Gasteiger partial charge in [0.2, 0.25) is 0 Å². The molecule has 0 amide bonds. The van der Waals surface area contributed by atoms with Crippen molar-refractivity contribution in [3.63, 3.8) is 0 Å². The summed E-state index contributed by atoms with van der Waals surface area (Å²) in [6.07, 6.45) is 0. The summed E-state index contributed by atoms with van der Waals surface area (Å²) < 4.78 is 7.75. The Balaban J connectivity index is 2.11. The van der Waals surface area contributed by atoms with E-state index < -0.39 is 0 Å². The van der Waals surface area contributed by atoms with E-state index in [-0.39, 0.29) is 0 Å². The predicted molar refractivity (Wildman–Crippen MR) is 76.6 cm³/mol. The SMILES string of the molecule is CCNCc1ccc(Oc2c(C)nn(C)c2C)cc1. The van der Waals surface area contributed by atoms with Crippen LogP contribution in [0.3, 0.4) is 0 Å². The molecule has 19 heavy (non-hydrogen) atoms. The molecule has 0 bridgehead atoms. The lowest BCUT2D eigenvalue weighted by molar-refractivity contribution is 0.474. The summed E-state index contributed by atoms with van der Waals surface area (Å²) in [5.41, 5.74) is 3.21. The van der Waals surface area contributed by atoms with Crippen LogP contribution in [0.25, 0.3) is 0 Å². The van der Waals surface area contributed by atoms with E-state index in [4.69, 9.17) is 4.74 Å². The van der Waals surface area contributed by atoms with E-state index in [1.165, 1.54) is 5.56 Å². The third-order valence-electron chi connectivity index (χ3n) is 3.17. The van der Waals surface area contributed by atoms with Crippen LogP contribution in [0.5, 0.6) is 11.5 Å². The third kappa shape index (κ3) is 3.15. The molecule has 2 aromatic rings. The van der Waals surface area contributed by atoms with Crippen molar-refractivity contribution >= 4 is 0 Å². The van der Waals surface area contributed by atoms with Crippen LogP contribution in [0.15, 0.2) is 24.3 Å². The number of hydrogen-bond acceptors (Lipinski definition) is 3. The second-order valence-electron chi connectivity index (χ2n) is 4.65. The second-order valence-corrected chi connectivity index (χ2v) is 4.65. The molecule has 102 valence electrons. The maximum absolute atomic E-state index is 5.92. The monoisotopic (exact) mass is 259 g/mol. The first-order valence-corrected chi connectivity index (χ1v) is 6.59. The first-order chi connectivity index (χ1) is 9.11. The van der Waals surface area contributed by atoms with E-state index >= 15 is 0 Å². The number of aromatic nitrogens is 2. The van der Waals surface area contributed by atoms with Gasteiger partial charge < -0.3 is 10.1 Å². The summed E-state index contributed by atoms with van der Waals surface area (Å²) in [6, 6.07) is 8.16. The zero-order valence-electron chi connectivity index (χ0n) is 12.0. The highest BCUT2D eigenvalue weighted by atomic mass is 16.5. The fraction of sp³-hybridized carbons (Fsp3) is 0.400. The van der Waals surface area contributed by atoms with Crippen LogP contribution in [0.4, 0.5) is 0 Å². The standard InChI is InChI=1S/C15H21N3O/c1-5-16-10-13-6-8-14(9-7-13)19-15-11(2)17-18(4)12(15)3/h6-9,16H,5,10H2,1-4H3. The van der Waals surface area contributed by atoms with Gasteiger partial charge in [0, 0.05) is 13.6 Å². The minimum Gasteiger partial charge on any atom is -0.453 e. The Morgan fingerprint density at radius 1 is 1.21 bits per heavy atom. The van der Waals surface area contributed by atoms with Crippen molar-refractivity contribution in [2.75, 3.05) is 6.54 Å². The van der Waals surface area contributed by atoms with Gasteiger partial charge in [-0.3, -0.25) is 4.68 Å². The van der Waals surface area contributed by atoms with Gasteiger partial charge in [-0.2, -0.15) is 5.10 Å². The predicted octanol–water partition coefficient (Wildman–Crippen LogP) is 2.94. The van der Waals surface area contributed by atoms with Crippen molar-refractivity contribution in [3.8, 4) is 11.5 Å². The van der Waals surface area contributed by atoms with Crippen LogP contribution >= 0.6 is 0 Å². The van der Waals surface area contributed by atoms with Gasteiger partial charge in [0.1, 0.15) is 11.4 Å². The Morgan fingerprint density at radius 3 is 2.42 bits per heavy atom. The molecule has 0 spiro atoms. The number of nitrogens with one attached hydrogen (secondary N) is 1. The van der Waals surface area contributed by atoms with Crippen molar-refractivity contribution < 1.29 is 4.74 Å². The summed E-state index contributed by atoms with van der Waals surface area (Å²) in [5.74, 6) is 1.70. The molecular formula is C15H21N3O. The van der Waals surface area contributed by atoms with Crippen molar-refractivity contribution in [2.24, 2.45) is 7.05 Å². The van der Waals surface area contributed by atoms with Gasteiger partial charge in [-0.25, -0.2) is 0 Å². The van der Waals surface area contributed by atoms with Crippen molar-refractivity contribution in [2.45, 2.75) is 27.3 Å². The summed E-state index contributed by atoms with van der Waals surface area (Å²) >= 11 is 0. The zero-order chi connectivity index (χ0) is 13.8. The number of nitrogens with zero attached hydrogens (tertiary/aromatic N) is 2. The fourth-order valence-corrected chi connectivity index (χ4v) is 1.96. The highest BCUT2D eigenvalue weighted by Crippen LogP contribution is 2.27. The van der Waals surface area contributed by atoms with Crippen molar-refractivity contribution in [3.05, 3.63) is 41.2 Å². The molecule has 0 aliphatic heterocycles. The number of hydrogen-bond donors (Lipinski definition) is 1. The molecule has 0 saturated heterocycles. The van der Waals surface area contributed by atoms with Gasteiger partial charge >= 0.3 is 0 Å². The molecule has 0 atom stereocenters. The van der Waals surface area contributed by atoms with Gasteiger partial charge in [-0.05, 0) is 38.1 Å². The average Bonchev–Trinajstić information content (AvgIpc) is 2.64. The molecule has 4 heteroatoms. The summed E-state index contributed by atoms with van der Waals surface area (Å²) in [5, 5.41) is 7.65. The van der Waals surface area contributed by atoms with Crippen molar-refractivity contribution in [1.29, 1.82) is 0 Å². The Hall–Kier alpha value is -1.81. The molecule has 0 aliphatic carbocycles. The summed E-state index contributed by atoms with van der Waals surface area (Å²) in [6.45, 7) is 7.94. The minimum atomic E-state index is 0.847. The second kappa shape index (κ2) is 5.89. The number of rotatable bonds is 5. The van der Waals surface area contributed by atoms with Gasteiger partial charge in [-0.1, -0.05) is 19.1 Å². The minimum absolute atomic E-state index is 0.847.